The van der Waals surface area contributed by atoms with Gasteiger partial charge in [-0.3, -0.25) is 0 Å². The molecule has 1 aromatic rings. The lowest BCUT2D eigenvalue weighted by Gasteiger charge is -2.16. The van der Waals surface area contributed by atoms with E-state index in [1.54, 1.807) is 6.07 Å². The minimum absolute atomic E-state index is 0.212. The predicted octanol–water partition coefficient (Wildman–Crippen LogP) is 3.54. The van der Waals surface area contributed by atoms with Crippen molar-refractivity contribution in [3.63, 3.8) is 0 Å². The van der Waals surface area contributed by atoms with Crippen LogP contribution in [0.25, 0.3) is 0 Å². The monoisotopic (exact) mass is 227 g/mol. The van der Waals surface area contributed by atoms with Gasteiger partial charge in [0.05, 0.1) is 5.02 Å². The van der Waals surface area contributed by atoms with Crippen LogP contribution in [0, 0.1) is 11.7 Å². The van der Waals surface area contributed by atoms with E-state index in [0.717, 1.165) is 17.9 Å². The SMILES string of the molecule is CNC(CC1CC1)c1ccc(F)c(Cl)c1. The van der Waals surface area contributed by atoms with E-state index < -0.39 is 0 Å². The fourth-order valence-corrected chi connectivity index (χ4v) is 2.03. The van der Waals surface area contributed by atoms with Crippen LogP contribution in [-0.2, 0) is 0 Å². The Bertz CT molecular complexity index is 349. The van der Waals surface area contributed by atoms with Gasteiger partial charge in [-0.1, -0.05) is 30.5 Å². The Labute approximate surface area is 94.6 Å². The second-order valence-electron chi connectivity index (χ2n) is 4.19. The third kappa shape index (κ3) is 2.70. The molecule has 1 aliphatic rings. The molecule has 0 radical (unpaired) electrons. The fraction of sp³-hybridized carbons (Fsp3) is 0.500. The van der Waals surface area contributed by atoms with E-state index in [0.29, 0.717) is 6.04 Å². The molecule has 2 rings (SSSR count). The zero-order valence-electron chi connectivity index (χ0n) is 8.76. The van der Waals surface area contributed by atoms with Crippen molar-refractivity contribution in [3.05, 3.63) is 34.6 Å². The molecular weight excluding hydrogens is 213 g/mol. The third-order valence-electron chi connectivity index (χ3n) is 2.96. The highest BCUT2D eigenvalue weighted by Gasteiger charge is 2.25. The Kier molecular flexibility index (Phi) is 3.27. The minimum atomic E-state index is -0.346. The topological polar surface area (TPSA) is 12.0 Å². The molecule has 1 unspecified atom stereocenters. The first-order valence-corrected chi connectivity index (χ1v) is 5.70. The molecular formula is C12H15ClFN. The summed E-state index contributed by atoms with van der Waals surface area (Å²) < 4.78 is 13.0. The molecule has 1 fully saturated rings. The molecule has 0 heterocycles. The van der Waals surface area contributed by atoms with E-state index >= 15 is 0 Å². The number of rotatable bonds is 4. The second-order valence-corrected chi connectivity index (χ2v) is 4.60. The highest BCUT2D eigenvalue weighted by Crippen LogP contribution is 2.37. The summed E-state index contributed by atoms with van der Waals surface area (Å²) in [7, 11) is 1.93. The summed E-state index contributed by atoms with van der Waals surface area (Å²) >= 11 is 5.76. The molecule has 0 bridgehead atoms. The van der Waals surface area contributed by atoms with Crippen LogP contribution in [0.15, 0.2) is 18.2 Å². The summed E-state index contributed by atoms with van der Waals surface area (Å²) in [5, 5.41) is 3.47. The lowest BCUT2D eigenvalue weighted by molar-refractivity contribution is 0.513. The first-order chi connectivity index (χ1) is 7.20. The van der Waals surface area contributed by atoms with Gasteiger partial charge in [0.15, 0.2) is 0 Å². The lowest BCUT2D eigenvalue weighted by Crippen LogP contribution is -2.17. The summed E-state index contributed by atoms with van der Waals surface area (Å²) in [6, 6.07) is 5.27. The number of halogens is 2. The predicted molar refractivity (Wildman–Crippen MR) is 60.6 cm³/mol. The van der Waals surface area contributed by atoms with Crippen molar-refractivity contribution in [2.24, 2.45) is 5.92 Å². The molecule has 0 aliphatic heterocycles. The van der Waals surface area contributed by atoms with Crippen molar-refractivity contribution in [2.75, 3.05) is 7.05 Å². The van der Waals surface area contributed by atoms with Crippen molar-refractivity contribution in [1.29, 1.82) is 0 Å². The number of hydrogen-bond acceptors (Lipinski definition) is 1. The molecule has 1 N–H and O–H groups in total. The van der Waals surface area contributed by atoms with E-state index in [1.165, 1.54) is 18.9 Å². The molecule has 1 aliphatic carbocycles. The number of benzene rings is 1. The van der Waals surface area contributed by atoms with E-state index in [2.05, 4.69) is 5.32 Å². The molecule has 1 atom stereocenters. The summed E-state index contributed by atoms with van der Waals surface area (Å²) in [5.74, 6) is 0.493. The van der Waals surface area contributed by atoms with Crippen molar-refractivity contribution < 1.29 is 4.39 Å². The molecule has 0 amide bonds. The van der Waals surface area contributed by atoms with Gasteiger partial charge in [-0.15, -0.1) is 0 Å². The number of nitrogens with one attached hydrogen (secondary N) is 1. The Morgan fingerprint density at radius 1 is 1.53 bits per heavy atom. The molecule has 0 saturated heterocycles. The maximum atomic E-state index is 13.0. The van der Waals surface area contributed by atoms with Crippen molar-refractivity contribution in [1.82, 2.24) is 5.32 Å². The van der Waals surface area contributed by atoms with Crippen LogP contribution in [0.3, 0.4) is 0 Å². The van der Waals surface area contributed by atoms with E-state index in [-0.39, 0.29) is 10.8 Å². The Balaban J connectivity index is 2.13. The molecule has 0 aromatic heterocycles. The molecule has 3 heteroatoms. The van der Waals surface area contributed by atoms with Crippen LogP contribution < -0.4 is 5.32 Å². The molecule has 1 nitrogen and oxygen atoms in total. The van der Waals surface area contributed by atoms with Gasteiger partial charge in [0.1, 0.15) is 5.82 Å². The molecule has 82 valence electrons. The van der Waals surface area contributed by atoms with E-state index in [9.17, 15) is 4.39 Å². The average molecular weight is 228 g/mol. The van der Waals surface area contributed by atoms with Crippen LogP contribution >= 0.6 is 11.6 Å². The van der Waals surface area contributed by atoms with Gasteiger partial charge in [-0.25, -0.2) is 4.39 Å². The van der Waals surface area contributed by atoms with Gasteiger partial charge in [-0.05, 0) is 37.1 Å². The summed E-state index contributed by atoms with van der Waals surface area (Å²) in [5.41, 5.74) is 1.08. The minimum Gasteiger partial charge on any atom is -0.313 e. The zero-order chi connectivity index (χ0) is 10.8. The molecule has 1 aromatic carbocycles. The summed E-state index contributed by atoms with van der Waals surface area (Å²) in [4.78, 5) is 0. The van der Waals surface area contributed by atoms with Crippen molar-refractivity contribution >= 4 is 11.6 Å². The highest BCUT2D eigenvalue weighted by atomic mass is 35.5. The normalized spacial score (nSPS) is 17.8. The van der Waals surface area contributed by atoms with Gasteiger partial charge in [0, 0.05) is 6.04 Å². The van der Waals surface area contributed by atoms with Crippen LogP contribution in [0.2, 0.25) is 5.02 Å². The van der Waals surface area contributed by atoms with Crippen molar-refractivity contribution in [2.45, 2.75) is 25.3 Å². The zero-order valence-corrected chi connectivity index (χ0v) is 9.52. The number of hydrogen-bond donors (Lipinski definition) is 1. The standard InChI is InChI=1S/C12H15ClFN/c1-15-12(6-8-2-3-8)9-4-5-11(14)10(13)7-9/h4-5,7-8,12,15H,2-3,6H2,1H3. The first kappa shape index (κ1) is 10.9. The second kappa shape index (κ2) is 4.50. The Hall–Kier alpha value is -0.600. The third-order valence-corrected chi connectivity index (χ3v) is 3.25. The van der Waals surface area contributed by atoms with Gasteiger partial charge in [-0.2, -0.15) is 0 Å². The molecule has 1 saturated carbocycles. The van der Waals surface area contributed by atoms with Gasteiger partial charge < -0.3 is 5.32 Å². The van der Waals surface area contributed by atoms with Crippen LogP contribution in [0.4, 0.5) is 4.39 Å². The van der Waals surface area contributed by atoms with Crippen LogP contribution in [-0.4, -0.2) is 7.05 Å². The highest BCUT2D eigenvalue weighted by molar-refractivity contribution is 6.30. The van der Waals surface area contributed by atoms with Gasteiger partial charge in [0.2, 0.25) is 0 Å². The Morgan fingerprint density at radius 2 is 2.27 bits per heavy atom. The molecule has 0 spiro atoms. The van der Waals surface area contributed by atoms with Gasteiger partial charge >= 0.3 is 0 Å². The van der Waals surface area contributed by atoms with Crippen LogP contribution in [0.5, 0.6) is 0 Å². The Morgan fingerprint density at radius 3 is 2.80 bits per heavy atom. The lowest BCUT2D eigenvalue weighted by atomic mass is 10.0. The summed E-state index contributed by atoms with van der Waals surface area (Å²) in [6.07, 6.45) is 3.78. The van der Waals surface area contributed by atoms with Gasteiger partial charge in [0.25, 0.3) is 0 Å². The average Bonchev–Trinajstić information content (AvgIpc) is 3.02. The quantitative estimate of drug-likeness (QED) is 0.830. The largest absolute Gasteiger partial charge is 0.313 e. The van der Waals surface area contributed by atoms with Crippen LogP contribution in [0.1, 0.15) is 30.9 Å². The van der Waals surface area contributed by atoms with E-state index in [1.807, 2.05) is 13.1 Å². The fourth-order valence-electron chi connectivity index (χ4n) is 1.84. The van der Waals surface area contributed by atoms with E-state index in [4.69, 9.17) is 11.6 Å². The molecule has 15 heavy (non-hydrogen) atoms. The summed E-state index contributed by atoms with van der Waals surface area (Å²) in [6.45, 7) is 0. The van der Waals surface area contributed by atoms with Crippen molar-refractivity contribution in [3.8, 4) is 0 Å². The smallest absolute Gasteiger partial charge is 0.141 e. The first-order valence-electron chi connectivity index (χ1n) is 5.33. The maximum absolute atomic E-state index is 13.0. The maximum Gasteiger partial charge on any atom is 0.141 e.